The Kier molecular flexibility index (Phi) is 3.20. The van der Waals surface area contributed by atoms with Crippen LogP contribution in [0.4, 0.5) is 0 Å². The van der Waals surface area contributed by atoms with Gasteiger partial charge in [-0.3, -0.25) is 0 Å². The van der Waals surface area contributed by atoms with Gasteiger partial charge >= 0.3 is 0 Å². The van der Waals surface area contributed by atoms with Crippen molar-refractivity contribution >= 4 is 12.4 Å². The second kappa shape index (κ2) is 3.71. The van der Waals surface area contributed by atoms with Crippen LogP contribution in [0, 0.1) is 0 Å². The fraction of sp³-hybridized carbons (Fsp3) is 1.00. The Balaban J connectivity index is 0.000000845. The van der Waals surface area contributed by atoms with E-state index in [0.717, 1.165) is 0 Å². The van der Waals surface area contributed by atoms with Crippen LogP contribution in [0.25, 0.3) is 0 Å². The predicted octanol–water partition coefficient (Wildman–Crippen LogP) is 0.286. The van der Waals surface area contributed by atoms with Gasteiger partial charge in [-0.2, -0.15) is 0 Å². The van der Waals surface area contributed by atoms with Crippen LogP contribution in [-0.2, 0) is 14.2 Å². The minimum atomic E-state index is -0.466. The van der Waals surface area contributed by atoms with E-state index in [9.17, 15) is 0 Å². The number of nitrogens with two attached hydrogens (primary N) is 1. The van der Waals surface area contributed by atoms with Crippen LogP contribution in [0.5, 0.6) is 0 Å². The minimum Gasteiger partial charge on any atom is -0.371 e. The first kappa shape index (κ1) is 11.2. The van der Waals surface area contributed by atoms with E-state index < -0.39 is 5.79 Å². The standard InChI is InChI=1S/C8H15NO3.ClH/c1-8(2)11-6-4-10-5(3-9)7(6)12-8;/h5-7H,3-4,9H2,1-2H3;1H. The van der Waals surface area contributed by atoms with Gasteiger partial charge in [0.1, 0.15) is 12.2 Å². The number of halogens is 1. The zero-order valence-corrected chi connectivity index (χ0v) is 8.67. The molecule has 13 heavy (non-hydrogen) atoms. The van der Waals surface area contributed by atoms with Gasteiger partial charge in [0.25, 0.3) is 0 Å². The highest BCUT2D eigenvalue weighted by atomic mass is 35.5. The molecule has 2 aliphatic heterocycles. The number of rotatable bonds is 1. The lowest BCUT2D eigenvalue weighted by Gasteiger charge is -2.20. The van der Waals surface area contributed by atoms with Gasteiger partial charge in [-0.25, -0.2) is 0 Å². The molecule has 78 valence electrons. The van der Waals surface area contributed by atoms with Gasteiger partial charge < -0.3 is 19.9 Å². The molecular formula is C8H16ClNO3. The summed E-state index contributed by atoms with van der Waals surface area (Å²) >= 11 is 0. The second-order valence-corrected chi connectivity index (χ2v) is 3.75. The zero-order valence-electron chi connectivity index (χ0n) is 7.86. The molecule has 0 saturated carbocycles. The molecule has 4 nitrogen and oxygen atoms in total. The molecule has 2 rings (SSSR count). The Morgan fingerprint density at radius 2 is 2.08 bits per heavy atom. The van der Waals surface area contributed by atoms with Crippen molar-refractivity contribution in [3.8, 4) is 0 Å². The van der Waals surface area contributed by atoms with Crippen molar-refractivity contribution in [2.45, 2.75) is 37.9 Å². The van der Waals surface area contributed by atoms with Crippen LogP contribution in [0.3, 0.4) is 0 Å². The summed E-state index contributed by atoms with van der Waals surface area (Å²) in [4.78, 5) is 0. The van der Waals surface area contributed by atoms with E-state index in [1.807, 2.05) is 13.8 Å². The maximum atomic E-state index is 5.65. The third kappa shape index (κ3) is 1.97. The molecule has 2 N–H and O–H groups in total. The number of fused-ring (bicyclic) bond motifs is 1. The molecule has 0 aromatic heterocycles. The SMILES string of the molecule is CC1(C)OC2COC(CN)C2O1.Cl. The van der Waals surface area contributed by atoms with E-state index in [1.165, 1.54) is 0 Å². The van der Waals surface area contributed by atoms with Crippen LogP contribution >= 0.6 is 12.4 Å². The lowest BCUT2D eigenvalue weighted by atomic mass is 10.1. The van der Waals surface area contributed by atoms with Crippen molar-refractivity contribution in [2.24, 2.45) is 5.73 Å². The van der Waals surface area contributed by atoms with E-state index in [4.69, 9.17) is 19.9 Å². The van der Waals surface area contributed by atoms with E-state index in [0.29, 0.717) is 13.2 Å². The monoisotopic (exact) mass is 209 g/mol. The van der Waals surface area contributed by atoms with Gasteiger partial charge in [0, 0.05) is 6.54 Å². The average Bonchev–Trinajstić information content (AvgIpc) is 2.42. The van der Waals surface area contributed by atoms with Gasteiger partial charge in [0.05, 0.1) is 12.7 Å². The summed E-state index contributed by atoms with van der Waals surface area (Å²) in [5.74, 6) is -0.466. The van der Waals surface area contributed by atoms with Crippen LogP contribution in [-0.4, -0.2) is 37.3 Å². The number of hydrogen-bond acceptors (Lipinski definition) is 4. The highest BCUT2D eigenvalue weighted by Gasteiger charge is 2.49. The Hall–Kier alpha value is 0.130. The molecule has 3 atom stereocenters. The van der Waals surface area contributed by atoms with E-state index in [1.54, 1.807) is 0 Å². The first-order valence-electron chi connectivity index (χ1n) is 4.30. The fourth-order valence-electron chi connectivity index (χ4n) is 1.82. The van der Waals surface area contributed by atoms with Crippen molar-refractivity contribution in [3.63, 3.8) is 0 Å². The normalized spacial score (nSPS) is 41.3. The molecule has 5 heteroatoms. The molecule has 2 heterocycles. The van der Waals surface area contributed by atoms with Crippen molar-refractivity contribution in [1.82, 2.24) is 0 Å². The predicted molar refractivity (Wildman–Crippen MR) is 49.9 cm³/mol. The summed E-state index contributed by atoms with van der Waals surface area (Å²) in [7, 11) is 0. The van der Waals surface area contributed by atoms with E-state index >= 15 is 0 Å². The number of ether oxygens (including phenoxy) is 3. The molecule has 0 radical (unpaired) electrons. The molecule has 2 saturated heterocycles. The average molecular weight is 210 g/mol. The smallest absolute Gasteiger partial charge is 0.164 e. The topological polar surface area (TPSA) is 53.7 Å². The Morgan fingerprint density at radius 3 is 2.69 bits per heavy atom. The molecule has 2 fully saturated rings. The third-order valence-electron chi connectivity index (χ3n) is 2.29. The lowest BCUT2D eigenvalue weighted by molar-refractivity contribution is -0.173. The van der Waals surface area contributed by atoms with Crippen LogP contribution < -0.4 is 5.73 Å². The first-order chi connectivity index (χ1) is 5.62. The molecule has 0 aromatic rings. The molecule has 0 amide bonds. The maximum Gasteiger partial charge on any atom is 0.164 e. The maximum absolute atomic E-state index is 5.65. The van der Waals surface area contributed by atoms with Gasteiger partial charge in [-0.1, -0.05) is 0 Å². The van der Waals surface area contributed by atoms with Gasteiger partial charge in [0.2, 0.25) is 0 Å². The lowest BCUT2D eigenvalue weighted by Crippen LogP contribution is -2.34. The molecule has 2 aliphatic rings. The van der Waals surface area contributed by atoms with Crippen LogP contribution in [0.15, 0.2) is 0 Å². The van der Waals surface area contributed by atoms with E-state index in [2.05, 4.69) is 0 Å². The fourth-order valence-corrected chi connectivity index (χ4v) is 1.82. The van der Waals surface area contributed by atoms with Crippen LogP contribution in [0.1, 0.15) is 13.8 Å². The van der Waals surface area contributed by atoms with Gasteiger partial charge in [0.15, 0.2) is 5.79 Å². The van der Waals surface area contributed by atoms with Crippen molar-refractivity contribution in [2.75, 3.05) is 13.2 Å². The van der Waals surface area contributed by atoms with Gasteiger partial charge in [-0.05, 0) is 13.8 Å². The molecule has 0 spiro atoms. The van der Waals surface area contributed by atoms with Crippen molar-refractivity contribution < 1.29 is 14.2 Å². The highest BCUT2D eigenvalue weighted by Crippen LogP contribution is 2.34. The zero-order chi connectivity index (χ0) is 8.77. The Labute approximate surface area is 84.1 Å². The van der Waals surface area contributed by atoms with Gasteiger partial charge in [-0.15, -0.1) is 12.4 Å². The molecule has 0 bridgehead atoms. The highest BCUT2D eigenvalue weighted by molar-refractivity contribution is 5.85. The number of hydrogen-bond donors (Lipinski definition) is 1. The first-order valence-corrected chi connectivity index (χ1v) is 4.30. The molecule has 0 aliphatic carbocycles. The summed E-state index contributed by atoms with van der Waals surface area (Å²) in [6.07, 6.45) is 0.121. The minimum absolute atomic E-state index is 0. The summed E-state index contributed by atoms with van der Waals surface area (Å²) in [5, 5.41) is 0. The van der Waals surface area contributed by atoms with Crippen molar-refractivity contribution in [1.29, 1.82) is 0 Å². The largest absolute Gasteiger partial charge is 0.371 e. The third-order valence-corrected chi connectivity index (χ3v) is 2.29. The summed E-state index contributed by atoms with van der Waals surface area (Å²) < 4.78 is 16.6. The molecule has 0 aromatic carbocycles. The second-order valence-electron chi connectivity index (χ2n) is 3.75. The van der Waals surface area contributed by atoms with Crippen molar-refractivity contribution in [3.05, 3.63) is 0 Å². The molecular weight excluding hydrogens is 194 g/mol. The Morgan fingerprint density at radius 1 is 1.38 bits per heavy atom. The quantitative estimate of drug-likeness (QED) is 0.675. The summed E-state index contributed by atoms with van der Waals surface area (Å²) in [6.45, 7) is 4.94. The van der Waals surface area contributed by atoms with E-state index in [-0.39, 0.29) is 30.7 Å². The summed E-state index contributed by atoms with van der Waals surface area (Å²) in [5.41, 5.74) is 5.52. The van der Waals surface area contributed by atoms with Crippen LogP contribution in [0.2, 0.25) is 0 Å². The summed E-state index contributed by atoms with van der Waals surface area (Å²) in [6, 6.07) is 0. The molecule has 3 unspecified atom stereocenters. The Bertz CT molecular complexity index is 188.